The molecular weight excluding hydrogens is 362 g/mol. The van der Waals surface area contributed by atoms with E-state index >= 15 is 0 Å². The highest BCUT2D eigenvalue weighted by Gasteiger charge is 2.43. The zero-order chi connectivity index (χ0) is 18.5. The van der Waals surface area contributed by atoms with E-state index in [1.807, 2.05) is 36.4 Å². The molecule has 0 bridgehead atoms. The van der Waals surface area contributed by atoms with Crippen LogP contribution in [-0.2, 0) is 29.1 Å². The molecule has 1 aromatic heterocycles. The number of hydrogen-bond acceptors (Lipinski definition) is 2. The van der Waals surface area contributed by atoms with E-state index < -0.39 is 6.04 Å². The summed E-state index contributed by atoms with van der Waals surface area (Å²) in [5.41, 5.74) is 4.09. The van der Waals surface area contributed by atoms with Crippen molar-refractivity contribution in [2.75, 3.05) is 6.54 Å². The van der Waals surface area contributed by atoms with Crippen molar-refractivity contribution in [3.8, 4) is 0 Å². The molecule has 6 heteroatoms. The molecule has 3 heterocycles. The number of piperazine rings is 1. The Morgan fingerprint density at radius 2 is 1.81 bits per heavy atom. The van der Waals surface area contributed by atoms with Gasteiger partial charge in [-0.2, -0.15) is 0 Å². The van der Waals surface area contributed by atoms with Gasteiger partial charge in [-0.15, -0.1) is 0 Å². The lowest BCUT2D eigenvalue weighted by molar-refractivity contribution is -0.157. The minimum atomic E-state index is -0.444. The molecule has 5 rings (SSSR count). The molecule has 1 unspecified atom stereocenters. The molecule has 0 radical (unpaired) electrons. The van der Waals surface area contributed by atoms with E-state index in [-0.39, 0.29) is 18.4 Å². The number of aromatic nitrogens is 1. The highest BCUT2D eigenvalue weighted by atomic mass is 35.5. The molecule has 1 N–H and O–H groups in total. The first kappa shape index (κ1) is 16.4. The predicted octanol–water partition coefficient (Wildman–Crippen LogP) is 3.12. The van der Waals surface area contributed by atoms with E-state index in [0.717, 1.165) is 27.7 Å². The number of carbonyl (C=O) groups excluding carboxylic acids is 2. The normalized spacial score (nSPS) is 19.4. The number of benzene rings is 2. The van der Waals surface area contributed by atoms with Crippen LogP contribution in [0.15, 0.2) is 48.5 Å². The van der Waals surface area contributed by atoms with Gasteiger partial charge in [0.25, 0.3) is 0 Å². The zero-order valence-corrected chi connectivity index (χ0v) is 15.4. The summed E-state index contributed by atoms with van der Waals surface area (Å²) in [5.74, 6) is -0.0265. The number of amides is 2. The minimum absolute atomic E-state index is 0.00884. The third-order valence-electron chi connectivity index (χ3n) is 5.57. The number of halogens is 1. The minimum Gasteiger partial charge on any atom is -0.357 e. The number of H-pyrrole nitrogens is 1. The number of para-hydroxylation sites is 1. The fraction of sp³-hybridized carbons (Fsp3) is 0.238. The maximum absolute atomic E-state index is 13.2. The average molecular weight is 380 g/mol. The molecule has 0 aliphatic carbocycles. The molecule has 2 aliphatic rings. The summed E-state index contributed by atoms with van der Waals surface area (Å²) in [6, 6.07) is 15.1. The monoisotopic (exact) mass is 379 g/mol. The van der Waals surface area contributed by atoms with Crippen LogP contribution in [-0.4, -0.2) is 39.2 Å². The van der Waals surface area contributed by atoms with Gasteiger partial charge in [-0.25, -0.2) is 0 Å². The maximum Gasteiger partial charge on any atom is 0.246 e. The Hall–Kier alpha value is -2.79. The van der Waals surface area contributed by atoms with Crippen LogP contribution in [0.1, 0.15) is 16.8 Å². The standard InChI is InChI=1S/C21H18ClN3O2/c22-16-7-3-1-5-13(16)10-24-12-20(26)25-11-18-15(9-19(25)21(24)27)14-6-2-4-8-17(14)23-18/h1-8,19,23H,9-12H2. The van der Waals surface area contributed by atoms with Crippen LogP contribution in [0.5, 0.6) is 0 Å². The molecule has 0 saturated carbocycles. The first-order valence-corrected chi connectivity index (χ1v) is 9.40. The lowest BCUT2D eigenvalue weighted by Gasteiger charge is -2.42. The quantitative estimate of drug-likeness (QED) is 0.743. The van der Waals surface area contributed by atoms with Gasteiger partial charge in [-0.3, -0.25) is 9.59 Å². The van der Waals surface area contributed by atoms with Crippen LogP contribution in [0.25, 0.3) is 10.9 Å². The van der Waals surface area contributed by atoms with E-state index in [1.165, 1.54) is 0 Å². The van der Waals surface area contributed by atoms with Gasteiger partial charge in [-0.05, 0) is 23.3 Å². The third kappa shape index (κ3) is 2.61. The van der Waals surface area contributed by atoms with E-state index in [2.05, 4.69) is 11.1 Å². The largest absolute Gasteiger partial charge is 0.357 e. The molecule has 3 aromatic rings. The molecule has 5 nitrogen and oxygen atoms in total. The molecule has 0 spiro atoms. The molecular formula is C21H18ClN3O2. The van der Waals surface area contributed by atoms with Gasteiger partial charge in [0.1, 0.15) is 12.6 Å². The van der Waals surface area contributed by atoms with Crippen molar-refractivity contribution < 1.29 is 9.59 Å². The summed E-state index contributed by atoms with van der Waals surface area (Å²) in [7, 11) is 0. The molecule has 2 amide bonds. The number of carbonyl (C=O) groups is 2. The lowest BCUT2D eigenvalue weighted by Crippen LogP contribution is -2.61. The van der Waals surface area contributed by atoms with Gasteiger partial charge in [0.05, 0.1) is 6.54 Å². The van der Waals surface area contributed by atoms with Gasteiger partial charge in [-0.1, -0.05) is 48.0 Å². The summed E-state index contributed by atoms with van der Waals surface area (Å²) >= 11 is 6.25. The van der Waals surface area contributed by atoms with Gasteiger partial charge >= 0.3 is 0 Å². The fourth-order valence-corrected chi connectivity index (χ4v) is 4.39. The molecule has 27 heavy (non-hydrogen) atoms. The Kier molecular flexibility index (Phi) is 3.72. The summed E-state index contributed by atoms with van der Waals surface area (Å²) in [5, 5.41) is 1.75. The molecule has 1 fully saturated rings. The molecule has 136 valence electrons. The summed E-state index contributed by atoms with van der Waals surface area (Å²) in [4.78, 5) is 32.7. The Morgan fingerprint density at radius 1 is 1.04 bits per heavy atom. The highest BCUT2D eigenvalue weighted by molar-refractivity contribution is 6.31. The van der Waals surface area contributed by atoms with Crippen molar-refractivity contribution >= 4 is 34.3 Å². The van der Waals surface area contributed by atoms with Crippen LogP contribution < -0.4 is 0 Å². The first-order valence-electron chi connectivity index (χ1n) is 9.02. The number of nitrogens with zero attached hydrogens (tertiary/aromatic N) is 2. The zero-order valence-electron chi connectivity index (χ0n) is 14.6. The molecule has 2 aliphatic heterocycles. The van der Waals surface area contributed by atoms with Crippen molar-refractivity contribution in [3.63, 3.8) is 0 Å². The summed E-state index contributed by atoms with van der Waals surface area (Å²) < 4.78 is 0. The van der Waals surface area contributed by atoms with Gasteiger partial charge in [0, 0.05) is 34.6 Å². The van der Waals surface area contributed by atoms with Crippen molar-refractivity contribution in [2.24, 2.45) is 0 Å². The van der Waals surface area contributed by atoms with Crippen LogP contribution >= 0.6 is 11.6 Å². The van der Waals surface area contributed by atoms with E-state index in [0.29, 0.717) is 24.5 Å². The topological polar surface area (TPSA) is 56.4 Å². The number of hydrogen-bond donors (Lipinski definition) is 1. The molecule has 2 aromatic carbocycles. The Morgan fingerprint density at radius 3 is 2.67 bits per heavy atom. The van der Waals surface area contributed by atoms with Crippen molar-refractivity contribution in [3.05, 3.63) is 70.4 Å². The summed E-state index contributed by atoms with van der Waals surface area (Å²) in [6.45, 7) is 0.907. The smallest absolute Gasteiger partial charge is 0.246 e. The van der Waals surface area contributed by atoms with Gasteiger partial charge in [0.2, 0.25) is 11.8 Å². The van der Waals surface area contributed by atoms with Crippen LogP contribution in [0.4, 0.5) is 0 Å². The second kappa shape index (κ2) is 6.13. The number of nitrogens with one attached hydrogen (secondary N) is 1. The molecule has 1 saturated heterocycles. The maximum atomic E-state index is 13.2. The lowest BCUT2D eigenvalue weighted by atomic mass is 9.93. The van der Waals surface area contributed by atoms with Gasteiger partial charge < -0.3 is 14.8 Å². The average Bonchev–Trinajstić information content (AvgIpc) is 3.04. The fourth-order valence-electron chi connectivity index (χ4n) is 4.20. The van der Waals surface area contributed by atoms with Crippen molar-refractivity contribution in [1.82, 2.24) is 14.8 Å². The second-order valence-corrected chi connectivity index (χ2v) is 7.56. The third-order valence-corrected chi connectivity index (χ3v) is 5.94. The number of aromatic amines is 1. The SMILES string of the molecule is O=C1C2Cc3c([nH]c4ccccc34)CN2C(=O)CN1Cc1ccccc1Cl. The van der Waals surface area contributed by atoms with Crippen molar-refractivity contribution in [2.45, 2.75) is 25.6 Å². The Bertz CT molecular complexity index is 1070. The van der Waals surface area contributed by atoms with Gasteiger partial charge in [0.15, 0.2) is 0 Å². The second-order valence-electron chi connectivity index (χ2n) is 7.15. The van der Waals surface area contributed by atoms with Crippen LogP contribution in [0, 0.1) is 0 Å². The van der Waals surface area contributed by atoms with Crippen LogP contribution in [0.2, 0.25) is 5.02 Å². The van der Waals surface area contributed by atoms with E-state index in [4.69, 9.17) is 11.6 Å². The predicted molar refractivity (Wildman–Crippen MR) is 103 cm³/mol. The van der Waals surface area contributed by atoms with E-state index in [1.54, 1.807) is 15.9 Å². The van der Waals surface area contributed by atoms with Crippen molar-refractivity contribution in [1.29, 1.82) is 0 Å². The highest BCUT2D eigenvalue weighted by Crippen LogP contribution is 2.33. The number of rotatable bonds is 2. The Balaban J connectivity index is 1.48. The van der Waals surface area contributed by atoms with E-state index in [9.17, 15) is 9.59 Å². The summed E-state index contributed by atoms with van der Waals surface area (Å²) in [6.07, 6.45) is 0.545. The molecule has 1 atom stereocenters. The number of fused-ring (bicyclic) bond motifs is 4. The Labute approximate surface area is 161 Å². The van der Waals surface area contributed by atoms with Crippen LogP contribution in [0.3, 0.4) is 0 Å². The first-order chi connectivity index (χ1) is 13.1.